The summed E-state index contributed by atoms with van der Waals surface area (Å²) >= 11 is 0. The monoisotopic (exact) mass is 492 g/mol. The molecule has 0 aliphatic carbocycles. The summed E-state index contributed by atoms with van der Waals surface area (Å²) in [5.41, 5.74) is 4.98. The number of likely N-dealkylation sites (N-methyl/N-ethyl adjacent to an activating group) is 1. The minimum absolute atomic E-state index is 0.0242. The molecule has 1 rings (SSSR count). The van der Waals surface area contributed by atoms with E-state index in [9.17, 15) is 24.3 Å². The van der Waals surface area contributed by atoms with Crippen molar-refractivity contribution >= 4 is 23.8 Å². The first-order valence-corrected chi connectivity index (χ1v) is 12.0. The van der Waals surface area contributed by atoms with Crippen LogP contribution in [0.2, 0.25) is 0 Å². The van der Waals surface area contributed by atoms with Crippen LogP contribution in [0.4, 0.5) is 4.79 Å². The number of aromatic hydroxyl groups is 1. The molecular formula is C25H40N4O6. The first-order chi connectivity index (χ1) is 16.4. The van der Waals surface area contributed by atoms with Crippen LogP contribution in [0.1, 0.15) is 78.3 Å². The van der Waals surface area contributed by atoms with Crippen LogP contribution in [0.5, 0.6) is 5.75 Å². The zero-order chi connectivity index (χ0) is 26.6. The van der Waals surface area contributed by atoms with Crippen LogP contribution in [-0.2, 0) is 19.1 Å². The number of carbonyl (C=O) groups excluding carboxylic acids is 4. The van der Waals surface area contributed by atoms with Gasteiger partial charge in [-0.25, -0.2) is 4.79 Å². The zero-order valence-corrected chi connectivity index (χ0v) is 21.4. The normalized spacial score (nSPS) is 12.8. The molecule has 0 spiro atoms. The Morgan fingerprint density at radius 2 is 1.71 bits per heavy atom. The molecule has 10 heteroatoms. The maximum absolute atomic E-state index is 13.6. The lowest BCUT2D eigenvalue weighted by Crippen LogP contribution is -2.53. The first kappa shape index (κ1) is 29.7. The smallest absolute Gasteiger partial charge is 0.408 e. The molecule has 5 N–H and O–H groups in total. The molecule has 35 heavy (non-hydrogen) atoms. The van der Waals surface area contributed by atoms with Crippen LogP contribution < -0.4 is 16.4 Å². The van der Waals surface area contributed by atoms with Crippen molar-refractivity contribution in [2.45, 2.75) is 84.4 Å². The molecule has 2 unspecified atom stereocenters. The summed E-state index contributed by atoms with van der Waals surface area (Å²) in [6.45, 7) is 9.44. The van der Waals surface area contributed by atoms with Gasteiger partial charge in [-0.1, -0.05) is 31.9 Å². The van der Waals surface area contributed by atoms with E-state index in [0.717, 1.165) is 19.3 Å². The van der Waals surface area contributed by atoms with Crippen LogP contribution in [0, 0.1) is 0 Å². The van der Waals surface area contributed by atoms with Crippen molar-refractivity contribution in [1.29, 1.82) is 0 Å². The summed E-state index contributed by atoms with van der Waals surface area (Å²) < 4.78 is 5.28. The number of ether oxygens (including phenoxy) is 1. The number of nitrogens with one attached hydrogen (secondary N) is 2. The fourth-order valence-corrected chi connectivity index (χ4v) is 3.47. The second-order valence-electron chi connectivity index (χ2n) is 9.32. The van der Waals surface area contributed by atoms with Crippen molar-refractivity contribution in [3.63, 3.8) is 0 Å². The molecule has 0 heterocycles. The maximum Gasteiger partial charge on any atom is 0.408 e. The lowest BCUT2D eigenvalue weighted by Gasteiger charge is -2.33. The Morgan fingerprint density at radius 3 is 2.23 bits per heavy atom. The number of alkyl carbamates (subject to hydrolysis) is 1. The SMILES string of the molecule is CCCCCNC(=O)C(c1ccc(O)cc1)N(CC)C(=O)C(CCC(N)=O)NC(=O)OC(C)(C)C. The molecule has 0 aliphatic heterocycles. The predicted octanol–water partition coefficient (Wildman–Crippen LogP) is 2.75. The molecular weight excluding hydrogens is 452 g/mol. The molecule has 0 radical (unpaired) electrons. The number of phenolic OH excluding ortho intramolecular Hbond substituents is 1. The molecule has 0 saturated heterocycles. The molecule has 0 bridgehead atoms. The van der Waals surface area contributed by atoms with Gasteiger partial charge in [0.25, 0.3) is 0 Å². The van der Waals surface area contributed by atoms with E-state index in [1.165, 1.54) is 17.0 Å². The number of benzene rings is 1. The summed E-state index contributed by atoms with van der Waals surface area (Å²) in [6.07, 6.45) is 1.74. The van der Waals surface area contributed by atoms with Crippen LogP contribution in [0.25, 0.3) is 0 Å². The van der Waals surface area contributed by atoms with Gasteiger partial charge in [0, 0.05) is 19.5 Å². The van der Waals surface area contributed by atoms with Gasteiger partial charge >= 0.3 is 6.09 Å². The van der Waals surface area contributed by atoms with E-state index in [0.29, 0.717) is 12.1 Å². The molecule has 10 nitrogen and oxygen atoms in total. The quantitative estimate of drug-likeness (QED) is 0.311. The van der Waals surface area contributed by atoms with E-state index in [2.05, 4.69) is 17.6 Å². The highest BCUT2D eigenvalue weighted by atomic mass is 16.6. The van der Waals surface area contributed by atoms with Crippen LogP contribution in [0.15, 0.2) is 24.3 Å². The Balaban J connectivity index is 3.27. The van der Waals surface area contributed by atoms with Crippen molar-refractivity contribution in [1.82, 2.24) is 15.5 Å². The molecule has 2 atom stereocenters. The van der Waals surface area contributed by atoms with Gasteiger partial charge in [-0.3, -0.25) is 14.4 Å². The van der Waals surface area contributed by atoms with Gasteiger partial charge in [-0.2, -0.15) is 0 Å². The summed E-state index contributed by atoms with van der Waals surface area (Å²) in [6, 6.07) is 3.88. The van der Waals surface area contributed by atoms with Gasteiger partial charge in [-0.15, -0.1) is 0 Å². The lowest BCUT2D eigenvalue weighted by molar-refractivity contribution is -0.142. The van der Waals surface area contributed by atoms with Crippen molar-refractivity contribution < 1.29 is 29.0 Å². The third kappa shape index (κ3) is 10.7. The molecule has 0 aliphatic rings. The number of hydrogen-bond donors (Lipinski definition) is 4. The average Bonchev–Trinajstić information content (AvgIpc) is 2.76. The van der Waals surface area contributed by atoms with Crippen molar-refractivity contribution in [2.24, 2.45) is 5.73 Å². The van der Waals surface area contributed by atoms with Gasteiger partial charge in [0.05, 0.1) is 0 Å². The van der Waals surface area contributed by atoms with Crippen molar-refractivity contribution in [2.75, 3.05) is 13.1 Å². The Bertz CT molecular complexity index is 851. The molecule has 0 aromatic heterocycles. The molecule has 4 amide bonds. The third-order valence-corrected chi connectivity index (χ3v) is 5.14. The predicted molar refractivity (Wildman–Crippen MR) is 132 cm³/mol. The maximum atomic E-state index is 13.6. The zero-order valence-electron chi connectivity index (χ0n) is 21.4. The number of amides is 4. The number of carbonyl (C=O) groups is 4. The highest BCUT2D eigenvalue weighted by molar-refractivity contribution is 5.92. The number of nitrogens with two attached hydrogens (primary N) is 1. The van der Waals surface area contributed by atoms with Crippen molar-refractivity contribution in [3.05, 3.63) is 29.8 Å². The Morgan fingerprint density at radius 1 is 1.09 bits per heavy atom. The van der Waals surface area contributed by atoms with Gasteiger partial charge < -0.3 is 31.1 Å². The molecule has 0 fully saturated rings. The summed E-state index contributed by atoms with van der Waals surface area (Å²) in [4.78, 5) is 52.0. The summed E-state index contributed by atoms with van der Waals surface area (Å²) in [7, 11) is 0. The minimum Gasteiger partial charge on any atom is -0.508 e. The number of hydrogen-bond acceptors (Lipinski definition) is 6. The van der Waals surface area contributed by atoms with E-state index < -0.39 is 35.6 Å². The molecule has 1 aromatic rings. The van der Waals surface area contributed by atoms with E-state index in [4.69, 9.17) is 10.5 Å². The molecule has 1 aromatic carbocycles. The highest BCUT2D eigenvalue weighted by Crippen LogP contribution is 2.25. The topological polar surface area (TPSA) is 151 Å². The Labute approximate surface area is 207 Å². The highest BCUT2D eigenvalue weighted by Gasteiger charge is 2.35. The van der Waals surface area contributed by atoms with E-state index in [1.807, 2.05) is 0 Å². The van der Waals surface area contributed by atoms with Gasteiger partial charge in [0.2, 0.25) is 17.7 Å². The fourth-order valence-electron chi connectivity index (χ4n) is 3.47. The number of phenols is 1. The molecule has 196 valence electrons. The second-order valence-corrected chi connectivity index (χ2v) is 9.32. The third-order valence-electron chi connectivity index (χ3n) is 5.14. The molecule has 0 saturated carbocycles. The van der Waals surface area contributed by atoms with Crippen LogP contribution >= 0.6 is 0 Å². The van der Waals surface area contributed by atoms with Gasteiger partial charge in [0.1, 0.15) is 23.4 Å². The number of nitrogens with zero attached hydrogens (tertiary/aromatic N) is 1. The fraction of sp³-hybridized carbons (Fsp3) is 0.600. The van der Waals surface area contributed by atoms with Crippen LogP contribution in [0.3, 0.4) is 0 Å². The summed E-state index contributed by atoms with van der Waals surface area (Å²) in [5, 5.41) is 15.1. The Kier molecular flexibility index (Phi) is 12.0. The average molecular weight is 493 g/mol. The van der Waals surface area contributed by atoms with E-state index >= 15 is 0 Å². The summed E-state index contributed by atoms with van der Waals surface area (Å²) in [5.74, 6) is -1.54. The van der Waals surface area contributed by atoms with E-state index in [1.54, 1.807) is 39.8 Å². The standard InChI is InChI=1S/C25H40N4O6/c1-6-8-9-16-27-22(32)21(17-10-12-18(30)13-11-17)29(7-2)23(33)19(14-15-20(26)31)28-24(34)35-25(3,4)5/h10-13,19,21,30H,6-9,14-16H2,1-5H3,(H2,26,31)(H,27,32)(H,28,34). The van der Waals surface area contributed by atoms with Crippen molar-refractivity contribution in [3.8, 4) is 5.75 Å². The Hall–Kier alpha value is -3.30. The second kappa shape index (κ2) is 14.2. The number of primary amides is 1. The van der Waals surface area contributed by atoms with E-state index in [-0.39, 0.29) is 31.0 Å². The lowest BCUT2D eigenvalue weighted by atomic mass is 10.0. The van der Waals surface area contributed by atoms with Crippen LogP contribution in [-0.4, -0.2) is 58.6 Å². The first-order valence-electron chi connectivity index (χ1n) is 12.0. The number of rotatable bonds is 13. The number of unbranched alkanes of at least 4 members (excludes halogenated alkanes) is 2. The van der Waals surface area contributed by atoms with Gasteiger partial charge in [0.15, 0.2) is 0 Å². The minimum atomic E-state index is -1.13. The largest absolute Gasteiger partial charge is 0.508 e. The van der Waals surface area contributed by atoms with Gasteiger partial charge in [-0.05, 0) is 58.2 Å².